The van der Waals surface area contributed by atoms with E-state index in [-0.39, 0.29) is 24.7 Å². The van der Waals surface area contributed by atoms with Crippen LogP contribution >= 0.6 is 12.6 Å². The van der Waals surface area contributed by atoms with E-state index < -0.39 is 33.9 Å². The number of benzene rings is 1. The molecule has 1 unspecified atom stereocenters. The molecule has 0 heterocycles. The fourth-order valence-electron chi connectivity index (χ4n) is 3.92. The predicted octanol–water partition coefficient (Wildman–Crippen LogP) is 5.53. The average Bonchev–Trinajstić information content (AvgIpc) is 3.39. The van der Waals surface area contributed by atoms with Gasteiger partial charge >= 0.3 is 0 Å². The molecule has 0 radical (unpaired) electrons. The molecule has 2 aliphatic rings. The SMILES string of the molecule is CC(C)[C@H]1CCC2(CC2)C(OCCOc2c(F)c(F)c(S)c(F)c2F)C1. The molecule has 0 amide bonds. The maximum atomic E-state index is 13.8. The summed E-state index contributed by atoms with van der Waals surface area (Å²) in [6.45, 7) is 4.34. The van der Waals surface area contributed by atoms with E-state index in [1.165, 1.54) is 6.42 Å². The molecule has 0 bridgehead atoms. The van der Waals surface area contributed by atoms with Gasteiger partial charge in [0, 0.05) is 0 Å². The van der Waals surface area contributed by atoms with Crippen molar-refractivity contribution in [3.05, 3.63) is 23.3 Å². The van der Waals surface area contributed by atoms with E-state index in [9.17, 15) is 17.6 Å². The molecule has 0 aliphatic heterocycles. The molecule has 2 nitrogen and oxygen atoms in total. The van der Waals surface area contributed by atoms with Crippen LogP contribution in [0.2, 0.25) is 0 Å². The highest BCUT2D eigenvalue weighted by Gasteiger charge is 2.52. The molecule has 0 saturated heterocycles. The summed E-state index contributed by atoms with van der Waals surface area (Å²) in [4.78, 5) is -0.999. The molecule has 1 aromatic carbocycles. The van der Waals surface area contributed by atoms with Crippen LogP contribution in [-0.2, 0) is 4.74 Å². The second-order valence-corrected chi connectivity index (χ2v) is 8.23. The van der Waals surface area contributed by atoms with Crippen LogP contribution in [0, 0.1) is 40.5 Å². The molecule has 2 fully saturated rings. The van der Waals surface area contributed by atoms with E-state index in [4.69, 9.17) is 9.47 Å². The van der Waals surface area contributed by atoms with E-state index >= 15 is 0 Å². The molecule has 2 saturated carbocycles. The summed E-state index contributed by atoms with van der Waals surface area (Å²) < 4.78 is 65.4. The summed E-state index contributed by atoms with van der Waals surface area (Å²) in [6, 6.07) is 0. The van der Waals surface area contributed by atoms with Crippen molar-refractivity contribution in [2.45, 2.75) is 57.0 Å². The first-order chi connectivity index (χ1) is 12.3. The number of rotatable bonds is 6. The Balaban J connectivity index is 1.57. The highest BCUT2D eigenvalue weighted by Crippen LogP contribution is 2.59. The van der Waals surface area contributed by atoms with Crippen LogP contribution in [0.5, 0.6) is 5.75 Å². The van der Waals surface area contributed by atoms with E-state index in [0.717, 1.165) is 25.7 Å². The van der Waals surface area contributed by atoms with Gasteiger partial charge in [-0.05, 0) is 49.4 Å². The Labute approximate surface area is 156 Å². The van der Waals surface area contributed by atoms with Gasteiger partial charge in [0.25, 0.3) is 0 Å². The predicted molar refractivity (Wildman–Crippen MR) is 92.6 cm³/mol. The number of halogens is 4. The lowest BCUT2D eigenvalue weighted by atomic mass is 9.73. The number of ether oxygens (including phenoxy) is 2. The molecule has 1 spiro atoms. The largest absolute Gasteiger partial charge is 0.485 e. The van der Waals surface area contributed by atoms with Gasteiger partial charge in [0.15, 0.2) is 17.4 Å². The fourth-order valence-corrected chi connectivity index (χ4v) is 4.12. The van der Waals surface area contributed by atoms with E-state index in [1.807, 2.05) is 0 Å². The van der Waals surface area contributed by atoms with Gasteiger partial charge in [0.1, 0.15) is 6.61 Å². The minimum atomic E-state index is -1.58. The number of hydrogen-bond acceptors (Lipinski definition) is 3. The Bertz CT molecular complexity index is 647. The van der Waals surface area contributed by atoms with E-state index in [0.29, 0.717) is 11.8 Å². The smallest absolute Gasteiger partial charge is 0.205 e. The van der Waals surface area contributed by atoms with Crippen molar-refractivity contribution in [3.63, 3.8) is 0 Å². The van der Waals surface area contributed by atoms with Crippen molar-refractivity contribution in [2.75, 3.05) is 13.2 Å². The molecule has 7 heteroatoms. The van der Waals surface area contributed by atoms with Crippen molar-refractivity contribution < 1.29 is 27.0 Å². The van der Waals surface area contributed by atoms with Crippen LogP contribution < -0.4 is 4.74 Å². The molecular weight excluding hydrogens is 368 g/mol. The van der Waals surface area contributed by atoms with Crippen molar-refractivity contribution in [2.24, 2.45) is 17.3 Å². The van der Waals surface area contributed by atoms with Crippen LogP contribution in [0.1, 0.15) is 46.0 Å². The lowest BCUT2D eigenvalue weighted by molar-refractivity contribution is -0.0522. The second kappa shape index (κ2) is 7.58. The van der Waals surface area contributed by atoms with Crippen LogP contribution in [0.15, 0.2) is 4.90 Å². The minimum absolute atomic E-state index is 0.107. The molecule has 3 rings (SSSR count). The zero-order chi connectivity index (χ0) is 19.1. The van der Waals surface area contributed by atoms with Crippen molar-refractivity contribution >= 4 is 12.6 Å². The van der Waals surface area contributed by atoms with E-state index in [2.05, 4.69) is 26.5 Å². The van der Waals surface area contributed by atoms with Gasteiger partial charge in [0.05, 0.1) is 17.6 Å². The van der Waals surface area contributed by atoms with Gasteiger partial charge in [-0.25, -0.2) is 8.78 Å². The van der Waals surface area contributed by atoms with Gasteiger partial charge in [-0.2, -0.15) is 8.78 Å². The first-order valence-corrected chi connectivity index (χ1v) is 9.51. The van der Waals surface area contributed by atoms with Gasteiger partial charge in [-0.15, -0.1) is 12.6 Å². The van der Waals surface area contributed by atoms with Crippen LogP contribution in [0.4, 0.5) is 17.6 Å². The average molecular weight is 392 g/mol. The maximum absolute atomic E-state index is 13.8. The quantitative estimate of drug-likeness (QED) is 0.297. The standard InChI is InChI=1S/C19H24F4O2S/c1-10(2)11-3-4-19(5-6-19)12(9-11)24-7-8-25-17-13(20)15(22)18(26)16(23)14(17)21/h10-12,26H,3-9H2,1-2H3/t11-,12?/m0/s1. The van der Waals surface area contributed by atoms with Crippen LogP contribution in [-0.4, -0.2) is 19.3 Å². The van der Waals surface area contributed by atoms with Gasteiger partial charge < -0.3 is 9.47 Å². The Hall–Kier alpha value is -0.950. The van der Waals surface area contributed by atoms with Crippen molar-refractivity contribution in [1.82, 2.24) is 0 Å². The summed E-state index contributed by atoms with van der Waals surface area (Å²) in [7, 11) is 0. The summed E-state index contributed by atoms with van der Waals surface area (Å²) in [5.41, 5.74) is 0.244. The molecule has 146 valence electrons. The monoisotopic (exact) mass is 392 g/mol. The van der Waals surface area contributed by atoms with E-state index in [1.54, 1.807) is 0 Å². The fraction of sp³-hybridized carbons (Fsp3) is 0.684. The van der Waals surface area contributed by atoms with Gasteiger partial charge in [-0.3, -0.25) is 0 Å². The second-order valence-electron chi connectivity index (χ2n) is 7.78. The zero-order valence-corrected chi connectivity index (χ0v) is 15.9. The Morgan fingerprint density at radius 2 is 1.62 bits per heavy atom. The third-order valence-electron chi connectivity index (χ3n) is 5.90. The third kappa shape index (κ3) is 3.70. The summed E-state index contributed by atoms with van der Waals surface area (Å²) in [6.07, 6.45) is 5.72. The lowest BCUT2D eigenvalue weighted by Crippen LogP contribution is -2.36. The number of thiol groups is 1. The maximum Gasteiger partial charge on any atom is 0.205 e. The Kier molecular flexibility index (Phi) is 5.78. The molecule has 2 atom stereocenters. The first kappa shape index (κ1) is 19.8. The molecule has 2 aliphatic carbocycles. The summed E-state index contributed by atoms with van der Waals surface area (Å²) in [5, 5.41) is 0. The van der Waals surface area contributed by atoms with Crippen molar-refractivity contribution in [1.29, 1.82) is 0 Å². The highest BCUT2D eigenvalue weighted by molar-refractivity contribution is 7.80. The summed E-state index contributed by atoms with van der Waals surface area (Å²) in [5.74, 6) is -6.16. The molecule has 26 heavy (non-hydrogen) atoms. The Morgan fingerprint density at radius 1 is 1.00 bits per heavy atom. The summed E-state index contributed by atoms with van der Waals surface area (Å²) >= 11 is 3.42. The van der Waals surface area contributed by atoms with Crippen LogP contribution in [0.25, 0.3) is 0 Å². The van der Waals surface area contributed by atoms with Gasteiger partial charge in [-0.1, -0.05) is 13.8 Å². The molecule has 0 N–H and O–H groups in total. The minimum Gasteiger partial charge on any atom is -0.485 e. The first-order valence-electron chi connectivity index (χ1n) is 9.06. The number of hydrogen-bond donors (Lipinski definition) is 1. The lowest BCUT2D eigenvalue weighted by Gasteiger charge is -2.38. The highest BCUT2D eigenvalue weighted by atomic mass is 32.1. The van der Waals surface area contributed by atoms with Crippen molar-refractivity contribution in [3.8, 4) is 5.75 Å². The molecular formula is C19H24F4O2S. The normalized spacial score (nSPS) is 24.3. The third-order valence-corrected chi connectivity index (χ3v) is 6.29. The Morgan fingerprint density at radius 3 is 2.15 bits per heavy atom. The van der Waals surface area contributed by atoms with Gasteiger partial charge in [0.2, 0.25) is 11.6 Å². The molecule has 1 aromatic rings. The van der Waals surface area contributed by atoms with Crippen LogP contribution in [0.3, 0.4) is 0 Å². The zero-order valence-electron chi connectivity index (χ0n) is 15.0. The topological polar surface area (TPSA) is 18.5 Å². The molecule has 0 aromatic heterocycles.